The van der Waals surface area contributed by atoms with Crippen LogP contribution in [0, 0.1) is 0 Å². The Morgan fingerprint density at radius 2 is 0.781 bits per heavy atom. The van der Waals surface area contributed by atoms with Crippen LogP contribution in [0.1, 0.15) is 0 Å². The third-order valence-corrected chi connectivity index (χ3v) is 2.93. The minimum absolute atomic E-state index is 0. The molecule has 0 heterocycles. The zero-order valence-electron chi connectivity index (χ0n) is 17.7. The number of carbonyl (C=O) groups excluding carboxylic acids is 1. The Morgan fingerprint density at radius 1 is 0.594 bits per heavy atom. The molecule has 8 atom stereocenters. The maximum absolute atomic E-state index is 9.90. The van der Waals surface area contributed by atoms with Gasteiger partial charge in [0.15, 0.2) is 6.29 Å². The van der Waals surface area contributed by atoms with Crippen molar-refractivity contribution in [2.45, 2.75) is 48.8 Å². The fraction of sp³-hybridized carbons (Fsp3) is 0.917. The smallest absolute Gasteiger partial charge is 0.822 e. The van der Waals surface area contributed by atoms with E-state index in [1.165, 1.54) is 0 Å². The minimum Gasteiger partial charge on any atom is -0.822 e. The van der Waals surface area contributed by atoms with Gasteiger partial charge in [0, 0.05) is 0 Å². The SMILES string of the molecule is O=CC(O)C(O)C(O)C(O)CO.O=P([O-])([O-])[O-].OCC(O)C(O)C(O)C(O)CO.[Na+].[Na+].[Na+]. The van der Waals surface area contributed by atoms with Gasteiger partial charge in [-0.1, -0.05) is 0 Å². The van der Waals surface area contributed by atoms with E-state index in [1.807, 2.05) is 0 Å². The third-order valence-electron chi connectivity index (χ3n) is 2.93. The van der Waals surface area contributed by atoms with Crippen LogP contribution in [0.2, 0.25) is 0 Å². The van der Waals surface area contributed by atoms with Crippen molar-refractivity contribution < 1.29 is 169 Å². The zero-order valence-corrected chi connectivity index (χ0v) is 24.6. The monoisotopic (exact) mass is 526 g/mol. The number of aldehydes is 1. The number of phosphoric acid groups is 1. The second kappa shape index (κ2) is 26.4. The van der Waals surface area contributed by atoms with Gasteiger partial charge in [0.1, 0.15) is 48.8 Å². The summed E-state index contributed by atoms with van der Waals surface area (Å²) in [6.45, 7) is -2.21. The van der Waals surface area contributed by atoms with Crippen LogP contribution in [-0.4, -0.2) is 131 Å². The van der Waals surface area contributed by atoms with E-state index >= 15 is 0 Å². The van der Waals surface area contributed by atoms with E-state index in [4.69, 9.17) is 75.4 Å². The van der Waals surface area contributed by atoms with E-state index in [0.717, 1.165) is 0 Å². The molecule has 0 saturated carbocycles. The standard InChI is InChI=1S/C6H14O6.C6H12O6.3Na.H3O4P/c2*7-1-3(9)5(11)6(12)4(10)2-8;;;;1-5(2,3)4/h3-12H,1-2H2;1,3-6,8-12H,2H2;;;;(H3,1,2,3,4)/q;;3*+1;/p-3. The van der Waals surface area contributed by atoms with Gasteiger partial charge >= 0.3 is 88.7 Å². The Labute approximate surface area is 249 Å². The van der Waals surface area contributed by atoms with Crippen LogP contribution in [0.25, 0.3) is 0 Å². The van der Waals surface area contributed by atoms with Crippen molar-refractivity contribution in [1.29, 1.82) is 0 Å². The first-order chi connectivity index (χ1) is 13.1. The molecule has 0 aromatic carbocycles. The Balaban J connectivity index is -0.0000000811. The predicted molar refractivity (Wildman–Crippen MR) is 83.0 cm³/mol. The van der Waals surface area contributed by atoms with E-state index < -0.39 is 76.5 Å². The van der Waals surface area contributed by atoms with E-state index in [-0.39, 0.29) is 95.0 Å². The summed E-state index contributed by atoms with van der Waals surface area (Å²) in [7, 11) is -5.39. The van der Waals surface area contributed by atoms with E-state index in [1.54, 1.807) is 0 Å². The number of carbonyl (C=O) groups is 1. The van der Waals surface area contributed by atoms with Crippen molar-refractivity contribution in [1.82, 2.24) is 0 Å². The molecule has 0 fully saturated rings. The molecular weight excluding hydrogens is 500 g/mol. The number of rotatable bonds is 10. The molecule has 0 spiro atoms. The predicted octanol–water partition coefficient (Wildman–Crippen LogP) is -18.8. The first kappa shape index (κ1) is 47.5. The Hall–Kier alpha value is 2.34. The molecule has 0 amide bonds. The number of hydrogen-bond donors (Lipinski definition) is 11. The summed E-state index contributed by atoms with van der Waals surface area (Å²) in [6.07, 6.45) is -13.2. The topological polar surface area (TPSA) is 326 Å². The Bertz CT molecular complexity index is 438. The second-order valence-electron chi connectivity index (χ2n) is 5.29. The molecule has 0 aromatic rings. The van der Waals surface area contributed by atoms with Gasteiger partial charge in [-0.2, -0.15) is 7.82 Å². The molecule has 178 valence electrons. The Kier molecular flexibility index (Phi) is 39.2. The second-order valence-corrected chi connectivity index (χ2v) is 6.18. The molecule has 16 nitrogen and oxygen atoms in total. The molecule has 0 aliphatic carbocycles. The van der Waals surface area contributed by atoms with Crippen LogP contribution in [-0.2, 0) is 9.36 Å². The first-order valence-electron chi connectivity index (χ1n) is 7.54. The average molecular weight is 526 g/mol. The van der Waals surface area contributed by atoms with Gasteiger partial charge in [0.2, 0.25) is 0 Å². The largest absolute Gasteiger partial charge is 1.00 e. The summed E-state index contributed by atoms with van der Waals surface area (Å²) in [5.74, 6) is 0. The maximum Gasteiger partial charge on any atom is 1.00 e. The van der Waals surface area contributed by atoms with Gasteiger partial charge in [0.05, 0.1) is 19.8 Å². The van der Waals surface area contributed by atoms with Crippen molar-refractivity contribution in [2.24, 2.45) is 0 Å². The van der Waals surface area contributed by atoms with E-state index in [0.29, 0.717) is 0 Å². The number of aliphatic hydroxyl groups is 11. The molecule has 0 saturated heterocycles. The molecule has 0 radical (unpaired) electrons. The maximum atomic E-state index is 9.90. The van der Waals surface area contributed by atoms with Gasteiger partial charge in [-0.25, -0.2) is 0 Å². The number of aliphatic hydroxyl groups excluding tert-OH is 11. The fourth-order valence-electron chi connectivity index (χ4n) is 1.29. The van der Waals surface area contributed by atoms with Crippen molar-refractivity contribution in [2.75, 3.05) is 19.8 Å². The van der Waals surface area contributed by atoms with E-state index in [2.05, 4.69) is 0 Å². The van der Waals surface area contributed by atoms with Crippen LogP contribution < -0.4 is 103 Å². The molecule has 0 rings (SSSR count). The summed E-state index contributed by atoms with van der Waals surface area (Å²) in [5.41, 5.74) is 0. The number of hydrogen-bond acceptors (Lipinski definition) is 16. The van der Waals surface area contributed by atoms with Crippen LogP contribution in [0.15, 0.2) is 0 Å². The molecule has 0 aliphatic rings. The Morgan fingerprint density at radius 3 is 0.938 bits per heavy atom. The van der Waals surface area contributed by atoms with E-state index in [9.17, 15) is 4.79 Å². The van der Waals surface area contributed by atoms with Crippen molar-refractivity contribution in [3.05, 3.63) is 0 Å². The molecule has 11 N–H and O–H groups in total. The molecule has 8 unspecified atom stereocenters. The summed E-state index contributed by atoms with van der Waals surface area (Å²) in [5, 5.41) is 95.7. The normalized spacial score (nSPS) is 17.8. The van der Waals surface area contributed by atoms with Gasteiger partial charge in [0.25, 0.3) is 0 Å². The van der Waals surface area contributed by atoms with Gasteiger partial charge in [-0.15, -0.1) is 0 Å². The average Bonchev–Trinajstić information content (AvgIpc) is 2.67. The van der Waals surface area contributed by atoms with Crippen molar-refractivity contribution >= 4 is 14.1 Å². The molecule has 0 bridgehead atoms. The minimum atomic E-state index is -5.39. The summed E-state index contributed by atoms with van der Waals surface area (Å²) in [4.78, 5) is 35.5. The first-order valence-corrected chi connectivity index (χ1v) is 9.00. The molecule has 0 aromatic heterocycles. The van der Waals surface area contributed by atoms with Crippen molar-refractivity contribution in [3.8, 4) is 0 Å². The van der Waals surface area contributed by atoms with Crippen LogP contribution in [0.5, 0.6) is 0 Å². The van der Waals surface area contributed by atoms with Crippen LogP contribution in [0.4, 0.5) is 0 Å². The fourth-order valence-corrected chi connectivity index (χ4v) is 1.29. The van der Waals surface area contributed by atoms with Crippen LogP contribution >= 0.6 is 7.82 Å². The zero-order chi connectivity index (χ0) is 23.9. The summed E-state index contributed by atoms with van der Waals surface area (Å²) >= 11 is 0. The molecular formula is C12H26Na3O16P. The van der Waals surface area contributed by atoms with Gasteiger partial charge < -0.3 is 80.2 Å². The van der Waals surface area contributed by atoms with Gasteiger partial charge in [-0.3, -0.25) is 0 Å². The van der Waals surface area contributed by atoms with Crippen LogP contribution in [0.3, 0.4) is 0 Å². The third kappa shape index (κ3) is 26.9. The molecule has 20 heteroatoms. The summed E-state index contributed by atoms with van der Waals surface area (Å²) < 4.78 is 8.55. The van der Waals surface area contributed by atoms with Gasteiger partial charge in [-0.05, 0) is 0 Å². The summed E-state index contributed by atoms with van der Waals surface area (Å²) in [6, 6.07) is 0. The molecule has 32 heavy (non-hydrogen) atoms. The molecule has 0 aliphatic heterocycles. The quantitative estimate of drug-likeness (QED) is 0.0715. The van der Waals surface area contributed by atoms with Crippen molar-refractivity contribution in [3.63, 3.8) is 0 Å².